The third-order valence-corrected chi connectivity index (χ3v) is 9.99. The maximum absolute atomic E-state index is 2.49. The lowest BCUT2D eigenvalue weighted by Gasteiger charge is -2.26. The van der Waals surface area contributed by atoms with E-state index in [9.17, 15) is 0 Å². The van der Waals surface area contributed by atoms with Gasteiger partial charge in [0.05, 0.1) is 10.9 Å². The molecule has 0 radical (unpaired) electrons. The molecule has 5 aromatic carbocycles. The van der Waals surface area contributed by atoms with Crippen molar-refractivity contribution in [2.45, 2.75) is 64.2 Å². The van der Waals surface area contributed by atoms with E-state index < -0.39 is 0 Å². The summed E-state index contributed by atoms with van der Waals surface area (Å²) in [5.41, 5.74) is 9.91. The van der Waals surface area contributed by atoms with Crippen LogP contribution in [0.25, 0.3) is 54.7 Å². The Kier molecular flexibility index (Phi) is 6.47. The van der Waals surface area contributed by atoms with Gasteiger partial charge in [-0.3, -0.25) is 0 Å². The topological polar surface area (TPSA) is 3.88 Å². The Balaban J connectivity index is 1.55. The van der Waals surface area contributed by atoms with Crippen molar-refractivity contribution >= 4 is 44.1 Å². The SMILES string of the molecule is Cc1c2c(c(CC(C)C)c3ccc(CC(C)(C)C)cc13)Sc1cc3ccc(-c4ccccc4)cc3c3cc[n+](C)c-2c13. The molecule has 0 aliphatic carbocycles. The third-order valence-electron chi connectivity index (χ3n) is 8.79. The van der Waals surface area contributed by atoms with Crippen LogP contribution < -0.4 is 4.57 Å². The van der Waals surface area contributed by atoms with E-state index in [0.717, 1.165) is 12.8 Å². The fraction of sp³-hybridized carbons (Fsp3) is 0.275. The Morgan fingerprint density at radius 1 is 0.786 bits per heavy atom. The number of aromatic nitrogens is 1. The van der Waals surface area contributed by atoms with Gasteiger partial charge in [-0.25, -0.2) is 4.57 Å². The molecule has 0 saturated heterocycles. The number of rotatable bonds is 4. The lowest BCUT2D eigenvalue weighted by atomic mass is 9.84. The van der Waals surface area contributed by atoms with E-state index in [2.05, 4.69) is 138 Å². The molecule has 1 aliphatic rings. The predicted molar refractivity (Wildman–Crippen MR) is 182 cm³/mol. The second-order valence-electron chi connectivity index (χ2n) is 13.9. The molecule has 0 unspecified atom stereocenters. The van der Waals surface area contributed by atoms with Crippen molar-refractivity contribution < 1.29 is 4.57 Å². The molecule has 6 aromatic rings. The molecule has 2 heteroatoms. The second kappa shape index (κ2) is 9.99. The summed E-state index contributed by atoms with van der Waals surface area (Å²) in [6.07, 6.45) is 4.43. The summed E-state index contributed by atoms with van der Waals surface area (Å²) >= 11 is 2.00. The van der Waals surface area contributed by atoms with E-state index in [4.69, 9.17) is 0 Å². The summed E-state index contributed by atoms with van der Waals surface area (Å²) in [4.78, 5) is 2.82. The minimum absolute atomic E-state index is 0.253. The Morgan fingerprint density at radius 2 is 1.57 bits per heavy atom. The van der Waals surface area contributed by atoms with Crippen LogP contribution in [0.1, 0.15) is 51.3 Å². The van der Waals surface area contributed by atoms with Crippen LogP contribution in [0.15, 0.2) is 94.9 Å². The Bertz CT molecular complexity index is 2030. The molecule has 0 atom stereocenters. The highest BCUT2D eigenvalue weighted by atomic mass is 32.2. The van der Waals surface area contributed by atoms with E-state index in [-0.39, 0.29) is 5.41 Å². The van der Waals surface area contributed by atoms with Gasteiger partial charge in [0.25, 0.3) is 0 Å². The van der Waals surface area contributed by atoms with E-state index >= 15 is 0 Å². The van der Waals surface area contributed by atoms with Crippen LogP contribution in [0.4, 0.5) is 0 Å². The summed E-state index contributed by atoms with van der Waals surface area (Å²) in [6.45, 7) is 14.1. The van der Waals surface area contributed by atoms with E-state index in [1.165, 1.54) is 81.2 Å². The maximum atomic E-state index is 2.49. The normalized spacial score (nSPS) is 13.0. The fourth-order valence-electron chi connectivity index (χ4n) is 7.03. The van der Waals surface area contributed by atoms with Crippen molar-refractivity contribution in [1.82, 2.24) is 0 Å². The van der Waals surface area contributed by atoms with Crippen LogP contribution >= 0.6 is 11.8 Å². The quantitative estimate of drug-likeness (QED) is 0.151. The van der Waals surface area contributed by atoms with E-state index in [0.29, 0.717) is 5.92 Å². The van der Waals surface area contributed by atoms with Gasteiger partial charge in [-0.15, -0.1) is 0 Å². The van der Waals surface area contributed by atoms with Gasteiger partial charge in [0, 0.05) is 21.2 Å². The van der Waals surface area contributed by atoms with Crippen LogP contribution in [-0.2, 0) is 19.9 Å². The standard InChI is InChI=1S/C40H40NS/c1-24(2)19-34-30-16-13-26(23-40(4,5)6)20-32(30)25(3)36-38-37-31(17-18-41(38)7)33-21-28(27-11-9-8-10-12-27)14-15-29(33)22-35(37)42-39(34)36/h8-18,20-22,24H,19,23H2,1-7H3/q+1. The molecule has 1 aromatic heterocycles. The summed E-state index contributed by atoms with van der Waals surface area (Å²) in [5, 5.41) is 8.21. The highest BCUT2D eigenvalue weighted by molar-refractivity contribution is 8.00. The molecule has 1 aliphatic heterocycles. The third kappa shape index (κ3) is 4.52. The minimum Gasteiger partial charge on any atom is -0.200 e. The van der Waals surface area contributed by atoms with Crippen molar-refractivity contribution in [1.29, 1.82) is 0 Å². The van der Waals surface area contributed by atoms with Gasteiger partial charge < -0.3 is 0 Å². The van der Waals surface area contributed by atoms with Crippen LogP contribution in [0.3, 0.4) is 0 Å². The first kappa shape index (κ1) is 27.2. The molecular weight excluding hydrogens is 527 g/mol. The summed E-state index contributed by atoms with van der Waals surface area (Å²) < 4.78 is 2.37. The number of hydrogen-bond acceptors (Lipinski definition) is 1. The van der Waals surface area contributed by atoms with Gasteiger partial charge in [-0.2, -0.15) is 0 Å². The number of hydrogen-bond donors (Lipinski definition) is 0. The zero-order valence-electron chi connectivity index (χ0n) is 25.9. The van der Waals surface area contributed by atoms with Gasteiger partial charge in [0.1, 0.15) is 7.05 Å². The summed E-state index contributed by atoms with van der Waals surface area (Å²) in [5.74, 6) is 0.578. The van der Waals surface area contributed by atoms with Gasteiger partial charge >= 0.3 is 0 Å². The molecule has 7 rings (SSSR count). The zero-order valence-corrected chi connectivity index (χ0v) is 26.7. The van der Waals surface area contributed by atoms with Crippen molar-refractivity contribution in [3.63, 3.8) is 0 Å². The molecule has 0 fully saturated rings. The number of pyridine rings is 1. The number of fused-ring (bicyclic) bond motifs is 5. The average molecular weight is 567 g/mol. The molecule has 0 bridgehead atoms. The number of aryl methyl sites for hydroxylation is 2. The summed E-state index contributed by atoms with van der Waals surface area (Å²) in [7, 11) is 2.23. The van der Waals surface area contributed by atoms with Gasteiger partial charge in [-0.1, -0.05) is 107 Å². The van der Waals surface area contributed by atoms with Crippen molar-refractivity contribution in [2.24, 2.45) is 18.4 Å². The first-order valence-electron chi connectivity index (χ1n) is 15.3. The highest BCUT2D eigenvalue weighted by Crippen LogP contribution is 2.53. The van der Waals surface area contributed by atoms with E-state index in [1.807, 2.05) is 11.8 Å². The molecule has 2 heterocycles. The molecule has 210 valence electrons. The van der Waals surface area contributed by atoms with Gasteiger partial charge in [0.2, 0.25) is 5.69 Å². The van der Waals surface area contributed by atoms with E-state index in [1.54, 1.807) is 0 Å². The first-order valence-corrected chi connectivity index (χ1v) is 16.1. The number of nitrogens with zero attached hydrogens (tertiary/aromatic N) is 1. The van der Waals surface area contributed by atoms with Crippen molar-refractivity contribution in [2.75, 3.05) is 0 Å². The average Bonchev–Trinajstić information content (AvgIpc) is 2.95. The van der Waals surface area contributed by atoms with Crippen molar-refractivity contribution in [3.05, 3.63) is 102 Å². The van der Waals surface area contributed by atoms with Crippen LogP contribution in [0.2, 0.25) is 0 Å². The second-order valence-corrected chi connectivity index (χ2v) is 14.9. The molecule has 1 nitrogen and oxygen atoms in total. The lowest BCUT2D eigenvalue weighted by molar-refractivity contribution is -0.659. The van der Waals surface area contributed by atoms with Crippen LogP contribution in [-0.4, -0.2) is 0 Å². The minimum atomic E-state index is 0.253. The molecule has 0 saturated carbocycles. The first-order chi connectivity index (χ1) is 20.1. The molecular formula is C40H40NS+. The molecule has 0 amide bonds. The van der Waals surface area contributed by atoms with Crippen LogP contribution in [0.5, 0.6) is 0 Å². The lowest BCUT2D eigenvalue weighted by Crippen LogP contribution is -2.32. The van der Waals surface area contributed by atoms with Gasteiger partial charge in [0.15, 0.2) is 6.20 Å². The highest BCUT2D eigenvalue weighted by Gasteiger charge is 2.32. The largest absolute Gasteiger partial charge is 0.222 e. The Hall–Kier alpha value is -3.62. The van der Waals surface area contributed by atoms with Gasteiger partial charge in [-0.05, 0) is 92.6 Å². The molecule has 42 heavy (non-hydrogen) atoms. The monoisotopic (exact) mass is 566 g/mol. The summed E-state index contributed by atoms with van der Waals surface area (Å²) in [6, 6.07) is 29.8. The predicted octanol–water partition coefficient (Wildman–Crippen LogP) is 10.9. The molecule has 0 spiro atoms. The fourth-order valence-corrected chi connectivity index (χ4v) is 8.41. The van der Waals surface area contributed by atoms with Crippen molar-refractivity contribution in [3.8, 4) is 22.4 Å². The smallest absolute Gasteiger partial charge is 0.200 e. The molecule has 0 N–H and O–H groups in total. The Morgan fingerprint density at radius 3 is 2.31 bits per heavy atom. The number of benzene rings is 5. The van der Waals surface area contributed by atoms with Crippen LogP contribution in [0, 0.1) is 18.3 Å². The zero-order chi connectivity index (χ0) is 29.3. The maximum Gasteiger partial charge on any atom is 0.222 e. The Labute approximate surface area is 254 Å².